The van der Waals surface area contributed by atoms with Crippen LogP contribution in [0.2, 0.25) is 0 Å². The van der Waals surface area contributed by atoms with Crippen LogP contribution in [0.1, 0.15) is 40.2 Å². The maximum atomic E-state index is 11.5. The van der Waals surface area contributed by atoms with Gasteiger partial charge in [0.05, 0.1) is 0 Å². The number of rotatable bonds is 11. The van der Waals surface area contributed by atoms with Crippen LogP contribution in [-0.2, 0) is 11.3 Å². The van der Waals surface area contributed by atoms with Crippen molar-refractivity contribution < 1.29 is 9.53 Å². The lowest BCUT2D eigenvalue weighted by Gasteiger charge is -2.30. The molecule has 0 spiro atoms. The molecular formula is C21H37N5O2. The number of benzene rings is 1. The monoisotopic (exact) mass is 391 g/mol. The average Bonchev–Trinajstić information content (AvgIpc) is 2.65. The molecule has 0 aromatic heterocycles. The zero-order valence-electron chi connectivity index (χ0n) is 18.2. The second kappa shape index (κ2) is 13.0. The Bertz CT molecular complexity index is 609. The highest BCUT2D eigenvalue weighted by Crippen LogP contribution is 2.13. The fourth-order valence-corrected chi connectivity index (χ4v) is 2.96. The van der Waals surface area contributed by atoms with Gasteiger partial charge >= 0.3 is 0 Å². The summed E-state index contributed by atoms with van der Waals surface area (Å²) in [7, 11) is 1.77. The van der Waals surface area contributed by atoms with Crippen LogP contribution in [0.5, 0.6) is 5.75 Å². The van der Waals surface area contributed by atoms with E-state index in [9.17, 15) is 4.79 Å². The second-order valence-corrected chi connectivity index (χ2v) is 7.17. The van der Waals surface area contributed by atoms with Crippen molar-refractivity contribution in [2.45, 2.75) is 53.2 Å². The third-order valence-electron chi connectivity index (χ3n) is 4.31. The number of amides is 1. The van der Waals surface area contributed by atoms with Gasteiger partial charge in [0.1, 0.15) is 5.75 Å². The Balaban J connectivity index is 2.46. The number of guanidine groups is 1. The Morgan fingerprint density at radius 3 is 2.46 bits per heavy atom. The highest BCUT2D eigenvalue weighted by molar-refractivity contribution is 5.79. The van der Waals surface area contributed by atoms with Crippen molar-refractivity contribution in [3.63, 3.8) is 0 Å². The Labute approximate surface area is 169 Å². The van der Waals surface area contributed by atoms with E-state index in [1.807, 2.05) is 31.2 Å². The van der Waals surface area contributed by atoms with E-state index in [0.717, 1.165) is 24.6 Å². The van der Waals surface area contributed by atoms with E-state index >= 15 is 0 Å². The van der Waals surface area contributed by atoms with E-state index in [-0.39, 0.29) is 12.5 Å². The molecule has 1 aromatic rings. The summed E-state index contributed by atoms with van der Waals surface area (Å²) >= 11 is 0. The van der Waals surface area contributed by atoms with E-state index in [1.54, 1.807) is 7.05 Å². The molecule has 0 aliphatic carbocycles. The summed E-state index contributed by atoms with van der Waals surface area (Å²) in [6.07, 6.45) is 0. The number of ether oxygens (including phenoxy) is 1. The summed E-state index contributed by atoms with van der Waals surface area (Å²) in [5.41, 5.74) is 1.06. The maximum absolute atomic E-state index is 11.5. The zero-order valence-corrected chi connectivity index (χ0v) is 18.2. The van der Waals surface area contributed by atoms with Gasteiger partial charge in [0, 0.05) is 45.3 Å². The molecule has 1 aromatic carbocycles. The van der Waals surface area contributed by atoms with Crippen molar-refractivity contribution in [1.29, 1.82) is 0 Å². The molecule has 0 radical (unpaired) electrons. The van der Waals surface area contributed by atoms with E-state index in [0.29, 0.717) is 30.9 Å². The van der Waals surface area contributed by atoms with Crippen molar-refractivity contribution in [1.82, 2.24) is 20.9 Å². The van der Waals surface area contributed by atoms with Gasteiger partial charge in [-0.2, -0.15) is 0 Å². The first-order chi connectivity index (χ1) is 13.4. The van der Waals surface area contributed by atoms with Gasteiger partial charge in [-0.25, -0.2) is 0 Å². The lowest BCUT2D eigenvalue weighted by molar-refractivity contribution is -0.122. The summed E-state index contributed by atoms with van der Waals surface area (Å²) in [6.45, 7) is 13.8. The maximum Gasteiger partial charge on any atom is 0.257 e. The van der Waals surface area contributed by atoms with E-state index < -0.39 is 0 Å². The third kappa shape index (κ3) is 9.08. The van der Waals surface area contributed by atoms with Gasteiger partial charge < -0.3 is 20.7 Å². The Morgan fingerprint density at radius 2 is 1.86 bits per heavy atom. The molecule has 0 saturated carbocycles. The van der Waals surface area contributed by atoms with Crippen LogP contribution < -0.4 is 20.7 Å². The lowest BCUT2D eigenvalue weighted by atomic mass is 10.2. The van der Waals surface area contributed by atoms with E-state index in [4.69, 9.17) is 4.74 Å². The Morgan fingerprint density at radius 1 is 1.14 bits per heavy atom. The highest BCUT2D eigenvalue weighted by atomic mass is 16.5. The van der Waals surface area contributed by atoms with Gasteiger partial charge in [-0.05, 0) is 52.3 Å². The van der Waals surface area contributed by atoms with Crippen molar-refractivity contribution in [2.75, 3.05) is 33.3 Å². The smallest absolute Gasteiger partial charge is 0.257 e. The van der Waals surface area contributed by atoms with Crippen molar-refractivity contribution >= 4 is 11.9 Å². The Hall–Kier alpha value is -2.28. The molecule has 7 heteroatoms. The number of hydrogen-bond acceptors (Lipinski definition) is 4. The predicted molar refractivity (Wildman–Crippen MR) is 116 cm³/mol. The normalized spacial score (nSPS) is 11.8. The first-order valence-electron chi connectivity index (χ1n) is 10.1. The van der Waals surface area contributed by atoms with Crippen molar-refractivity contribution in [3.05, 3.63) is 29.8 Å². The van der Waals surface area contributed by atoms with Crippen LogP contribution in [-0.4, -0.2) is 62.1 Å². The Kier molecular flexibility index (Phi) is 11.0. The van der Waals surface area contributed by atoms with Gasteiger partial charge in [-0.1, -0.05) is 12.1 Å². The third-order valence-corrected chi connectivity index (χ3v) is 4.31. The predicted octanol–water partition coefficient (Wildman–Crippen LogP) is 1.99. The lowest BCUT2D eigenvalue weighted by Crippen LogP contribution is -2.45. The average molecular weight is 392 g/mol. The second-order valence-electron chi connectivity index (χ2n) is 7.17. The van der Waals surface area contributed by atoms with Crippen LogP contribution in [0.15, 0.2) is 29.3 Å². The minimum Gasteiger partial charge on any atom is -0.484 e. The number of carbonyl (C=O) groups excluding carboxylic acids is 1. The first kappa shape index (κ1) is 23.8. The van der Waals surface area contributed by atoms with Gasteiger partial charge in [0.2, 0.25) is 0 Å². The largest absolute Gasteiger partial charge is 0.484 e. The van der Waals surface area contributed by atoms with Crippen LogP contribution >= 0.6 is 0 Å². The van der Waals surface area contributed by atoms with Crippen LogP contribution in [0, 0.1) is 0 Å². The van der Waals surface area contributed by atoms with Crippen LogP contribution in [0.4, 0.5) is 0 Å². The molecule has 3 N–H and O–H groups in total. The van der Waals surface area contributed by atoms with Crippen LogP contribution in [0.25, 0.3) is 0 Å². The quantitative estimate of drug-likeness (QED) is 0.397. The summed E-state index contributed by atoms with van der Waals surface area (Å²) in [5.74, 6) is 1.33. The SMILES string of the molecule is CCNC(=O)COc1cccc(CNC(=NC)NCCN(C(C)C)C(C)C)c1. The molecule has 1 amide bonds. The molecule has 1 rings (SSSR count). The molecule has 0 bridgehead atoms. The molecule has 0 atom stereocenters. The molecule has 0 aliphatic heterocycles. The number of hydrogen-bond donors (Lipinski definition) is 3. The van der Waals surface area contributed by atoms with E-state index in [2.05, 4.69) is 53.5 Å². The fraction of sp³-hybridized carbons (Fsp3) is 0.619. The molecule has 0 unspecified atom stereocenters. The van der Waals surface area contributed by atoms with E-state index in [1.165, 1.54) is 0 Å². The number of nitrogens with one attached hydrogen (secondary N) is 3. The first-order valence-corrected chi connectivity index (χ1v) is 10.1. The van der Waals surface area contributed by atoms with Gasteiger partial charge in [0.15, 0.2) is 12.6 Å². The fourth-order valence-electron chi connectivity index (χ4n) is 2.96. The minimum absolute atomic E-state index is 0.0240. The number of carbonyl (C=O) groups is 1. The highest BCUT2D eigenvalue weighted by Gasteiger charge is 2.12. The summed E-state index contributed by atoms with van der Waals surface area (Å²) in [6, 6.07) is 8.74. The molecule has 0 aliphatic rings. The molecule has 28 heavy (non-hydrogen) atoms. The topological polar surface area (TPSA) is 78.0 Å². The summed E-state index contributed by atoms with van der Waals surface area (Å²) in [4.78, 5) is 18.2. The van der Waals surface area contributed by atoms with Crippen LogP contribution in [0.3, 0.4) is 0 Å². The van der Waals surface area contributed by atoms with Crippen molar-refractivity contribution in [3.8, 4) is 5.75 Å². The molecule has 0 fully saturated rings. The standard InChI is InChI=1S/C21H37N5O2/c1-7-23-20(27)15-28-19-10-8-9-18(13-19)14-25-21(22-6)24-11-12-26(16(2)3)17(4)5/h8-10,13,16-17H,7,11-12,14-15H2,1-6H3,(H,23,27)(H2,22,24,25). The molecular weight excluding hydrogens is 354 g/mol. The summed E-state index contributed by atoms with van der Waals surface area (Å²) < 4.78 is 5.54. The number of likely N-dealkylation sites (N-methyl/N-ethyl adjacent to an activating group) is 1. The van der Waals surface area contributed by atoms with Crippen molar-refractivity contribution in [2.24, 2.45) is 4.99 Å². The zero-order chi connectivity index (χ0) is 20.9. The van der Waals surface area contributed by atoms with Gasteiger partial charge in [-0.3, -0.25) is 14.7 Å². The molecule has 0 saturated heterocycles. The van der Waals surface area contributed by atoms with Gasteiger partial charge in [0.25, 0.3) is 5.91 Å². The molecule has 0 heterocycles. The summed E-state index contributed by atoms with van der Waals surface area (Å²) in [5, 5.41) is 9.39. The molecule has 158 valence electrons. The van der Waals surface area contributed by atoms with Gasteiger partial charge in [-0.15, -0.1) is 0 Å². The number of aliphatic imine (C=N–C) groups is 1. The molecule has 7 nitrogen and oxygen atoms in total. The number of nitrogens with zero attached hydrogens (tertiary/aromatic N) is 2. The minimum atomic E-state index is -0.118.